The van der Waals surface area contributed by atoms with Gasteiger partial charge in [-0.05, 0) is 33.6 Å². The SMILES string of the molecule is N#CCc1c[nH]c2c(Br)c(O)ccc12. The molecule has 2 rings (SSSR count). The molecule has 3 nitrogen and oxygen atoms in total. The maximum atomic E-state index is 9.42. The second kappa shape index (κ2) is 3.35. The Hall–Kier alpha value is -1.47. The average Bonchev–Trinajstić information content (AvgIpc) is 2.57. The van der Waals surface area contributed by atoms with E-state index in [1.165, 1.54) is 0 Å². The van der Waals surface area contributed by atoms with Crippen molar-refractivity contribution in [3.63, 3.8) is 0 Å². The zero-order valence-corrected chi connectivity index (χ0v) is 8.80. The maximum Gasteiger partial charge on any atom is 0.131 e. The van der Waals surface area contributed by atoms with E-state index in [1.54, 1.807) is 18.3 Å². The first-order valence-corrected chi connectivity index (χ1v) is 4.87. The van der Waals surface area contributed by atoms with E-state index in [1.807, 2.05) is 0 Å². The summed E-state index contributed by atoms with van der Waals surface area (Å²) in [7, 11) is 0. The van der Waals surface area contributed by atoms with Crippen molar-refractivity contribution in [2.75, 3.05) is 0 Å². The van der Waals surface area contributed by atoms with Crippen LogP contribution in [0.15, 0.2) is 22.8 Å². The van der Waals surface area contributed by atoms with Crippen molar-refractivity contribution in [2.24, 2.45) is 0 Å². The van der Waals surface area contributed by atoms with Crippen LogP contribution in [0.3, 0.4) is 0 Å². The molecule has 0 saturated heterocycles. The van der Waals surface area contributed by atoms with Crippen LogP contribution >= 0.6 is 15.9 Å². The van der Waals surface area contributed by atoms with Crippen LogP contribution in [-0.4, -0.2) is 10.1 Å². The van der Waals surface area contributed by atoms with Gasteiger partial charge in [-0.15, -0.1) is 0 Å². The van der Waals surface area contributed by atoms with Crippen molar-refractivity contribution < 1.29 is 5.11 Å². The van der Waals surface area contributed by atoms with Crippen molar-refractivity contribution >= 4 is 26.8 Å². The van der Waals surface area contributed by atoms with Crippen LogP contribution in [0.2, 0.25) is 0 Å². The minimum atomic E-state index is 0.197. The number of rotatable bonds is 1. The predicted octanol–water partition coefficient (Wildman–Crippen LogP) is 2.70. The van der Waals surface area contributed by atoms with E-state index in [4.69, 9.17) is 5.26 Å². The lowest BCUT2D eigenvalue weighted by atomic mass is 10.1. The lowest BCUT2D eigenvalue weighted by molar-refractivity contribution is 0.473. The average molecular weight is 251 g/mol. The first-order chi connectivity index (χ1) is 6.74. The topological polar surface area (TPSA) is 59.8 Å². The van der Waals surface area contributed by atoms with Crippen LogP contribution in [0.25, 0.3) is 10.9 Å². The number of halogens is 1. The molecule has 14 heavy (non-hydrogen) atoms. The number of fused-ring (bicyclic) bond motifs is 1. The molecule has 0 aliphatic carbocycles. The summed E-state index contributed by atoms with van der Waals surface area (Å²) in [4.78, 5) is 3.02. The number of nitrogens with zero attached hydrogens (tertiary/aromatic N) is 1. The molecule has 0 atom stereocenters. The number of hydrogen-bond donors (Lipinski definition) is 2. The van der Waals surface area contributed by atoms with Crippen molar-refractivity contribution in [2.45, 2.75) is 6.42 Å². The quantitative estimate of drug-likeness (QED) is 0.818. The molecular weight excluding hydrogens is 244 g/mol. The molecule has 2 aromatic rings. The van der Waals surface area contributed by atoms with Crippen molar-refractivity contribution in [1.82, 2.24) is 4.98 Å². The largest absolute Gasteiger partial charge is 0.507 e. The van der Waals surface area contributed by atoms with Gasteiger partial charge >= 0.3 is 0 Å². The number of phenolic OH excluding ortho intramolecular Hbond substituents is 1. The van der Waals surface area contributed by atoms with E-state index in [9.17, 15) is 5.11 Å². The lowest BCUT2D eigenvalue weighted by Crippen LogP contribution is -1.77. The van der Waals surface area contributed by atoms with E-state index >= 15 is 0 Å². The lowest BCUT2D eigenvalue weighted by Gasteiger charge is -1.98. The Balaban J connectivity index is 2.72. The molecular formula is C10H7BrN2O. The summed E-state index contributed by atoms with van der Waals surface area (Å²) in [6, 6.07) is 5.51. The van der Waals surface area contributed by atoms with E-state index in [2.05, 4.69) is 27.0 Å². The van der Waals surface area contributed by atoms with Gasteiger partial charge in [-0.3, -0.25) is 0 Å². The summed E-state index contributed by atoms with van der Waals surface area (Å²) in [6.07, 6.45) is 2.16. The van der Waals surface area contributed by atoms with Crippen LogP contribution in [0, 0.1) is 11.3 Å². The highest BCUT2D eigenvalue weighted by Gasteiger charge is 2.08. The molecule has 0 spiro atoms. The number of hydrogen-bond acceptors (Lipinski definition) is 2. The van der Waals surface area contributed by atoms with Gasteiger partial charge in [0.05, 0.1) is 22.5 Å². The molecule has 1 aromatic heterocycles. The fraction of sp³-hybridized carbons (Fsp3) is 0.100. The number of phenols is 1. The normalized spacial score (nSPS) is 10.3. The van der Waals surface area contributed by atoms with Gasteiger partial charge in [-0.25, -0.2) is 0 Å². The summed E-state index contributed by atoms with van der Waals surface area (Å²) < 4.78 is 0.638. The molecule has 2 N–H and O–H groups in total. The van der Waals surface area contributed by atoms with Gasteiger partial charge in [0, 0.05) is 11.6 Å². The van der Waals surface area contributed by atoms with Gasteiger partial charge in [0.2, 0.25) is 0 Å². The van der Waals surface area contributed by atoms with E-state index in [-0.39, 0.29) is 5.75 Å². The first kappa shape index (κ1) is 9.10. The minimum Gasteiger partial charge on any atom is -0.507 e. The van der Waals surface area contributed by atoms with Gasteiger partial charge in [0.25, 0.3) is 0 Å². The van der Waals surface area contributed by atoms with Gasteiger partial charge in [0.15, 0.2) is 0 Å². The number of nitrogens with one attached hydrogen (secondary N) is 1. The van der Waals surface area contributed by atoms with Crippen LogP contribution in [-0.2, 0) is 6.42 Å². The van der Waals surface area contributed by atoms with E-state index in [0.717, 1.165) is 16.5 Å². The smallest absolute Gasteiger partial charge is 0.131 e. The molecule has 4 heteroatoms. The zero-order chi connectivity index (χ0) is 10.1. The number of aromatic amines is 1. The Labute approximate surface area is 89.1 Å². The Morgan fingerprint density at radius 3 is 3.00 bits per heavy atom. The second-order valence-electron chi connectivity index (χ2n) is 2.97. The number of H-pyrrole nitrogens is 1. The number of aromatic nitrogens is 1. The Morgan fingerprint density at radius 1 is 1.50 bits per heavy atom. The molecule has 1 aromatic carbocycles. The van der Waals surface area contributed by atoms with Crippen LogP contribution in [0.4, 0.5) is 0 Å². The van der Waals surface area contributed by atoms with Crippen molar-refractivity contribution in [3.05, 3.63) is 28.4 Å². The van der Waals surface area contributed by atoms with Gasteiger partial charge in [0.1, 0.15) is 5.75 Å². The number of aromatic hydroxyl groups is 1. The summed E-state index contributed by atoms with van der Waals surface area (Å²) in [6.45, 7) is 0. The number of nitriles is 1. The summed E-state index contributed by atoms with van der Waals surface area (Å²) in [5, 5.41) is 19.0. The number of benzene rings is 1. The van der Waals surface area contributed by atoms with Gasteiger partial charge in [-0.1, -0.05) is 0 Å². The Kier molecular flexibility index (Phi) is 2.18. The van der Waals surface area contributed by atoms with E-state index < -0.39 is 0 Å². The third-order valence-electron chi connectivity index (χ3n) is 2.13. The van der Waals surface area contributed by atoms with Crippen molar-refractivity contribution in [1.29, 1.82) is 5.26 Å². The third-order valence-corrected chi connectivity index (χ3v) is 2.93. The second-order valence-corrected chi connectivity index (χ2v) is 3.76. The summed E-state index contributed by atoms with van der Waals surface area (Å²) in [5.41, 5.74) is 1.78. The van der Waals surface area contributed by atoms with Gasteiger partial charge < -0.3 is 10.1 Å². The standard InChI is InChI=1S/C10H7BrN2O/c11-9-8(14)2-1-7-6(3-4-12)5-13-10(7)9/h1-2,5,13-14H,3H2. The van der Waals surface area contributed by atoms with Gasteiger partial charge in [-0.2, -0.15) is 5.26 Å². The first-order valence-electron chi connectivity index (χ1n) is 4.08. The molecule has 0 amide bonds. The molecule has 0 bridgehead atoms. The summed E-state index contributed by atoms with van der Waals surface area (Å²) >= 11 is 3.28. The Morgan fingerprint density at radius 2 is 2.29 bits per heavy atom. The predicted molar refractivity (Wildman–Crippen MR) is 57.0 cm³/mol. The fourth-order valence-corrected chi connectivity index (χ4v) is 1.90. The molecule has 0 aliphatic rings. The van der Waals surface area contributed by atoms with Crippen LogP contribution in [0.5, 0.6) is 5.75 Å². The highest BCUT2D eigenvalue weighted by molar-refractivity contribution is 9.10. The summed E-state index contributed by atoms with van der Waals surface area (Å²) in [5.74, 6) is 0.197. The molecule has 0 saturated carbocycles. The van der Waals surface area contributed by atoms with E-state index in [0.29, 0.717) is 10.9 Å². The minimum absolute atomic E-state index is 0.197. The molecule has 0 unspecified atom stereocenters. The highest BCUT2D eigenvalue weighted by atomic mass is 79.9. The van der Waals surface area contributed by atoms with Crippen LogP contribution in [0.1, 0.15) is 5.56 Å². The molecule has 70 valence electrons. The molecule has 0 radical (unpaired) electrons. The molecule has 1 heterocycles. The molecule has 0 fully saturated rings. The maximum absolute atomic E-state index is 9.42. The molecule has 0 aliphatic heterocycles. The Bertz CT molecular complexity index is 525. The highest BCUT2D eigenvalue weighted by Crippen LogP contribution is 2.32. The monoisotopic (exact) mass is 250 g/mol. The third kappa shape index (κ3) is 1.26. The fourth-order valence-electron chi connectivity index (χ4n) is 1.44. The zero-order valence-electron chi connectivity index (χ0n) is 7.21. The van der Waals surface area contributed by atoms with Crippen molar-refractivity contribution in [3.8, 4) is 11.8 Å². The van der Waals surface area contributed by atoms with Crippen LogP contribution < -0.4 is 0 Å².